The summed E-state index contributed by atoms with van der Waals surface area (Å²) < 4.78 is 12.0. The zero-order valence-electron chi connectivity index (χ0n) is 14.5. The van der Waals surface area contributed by atoms with Crippen LogP contribution in [0.15, 0.2) is 0 Å². The van der Waals surface area contributed by atoms with E-state index < -0.39 is 11.3 Å². The average molecular weight is 349 g/mol. The van der Waals surface area contributed by atoms with Crippen molar-refractivity contribution in [1.29, 1.82) is 0 Å². The fraction of sp³-hybridized carbons (Fsp3) is 0.750. The number of carbonyl (C=O) groups excluding carboxylic acids is 4. The van der Waals surface area contributed by atoms with Crippen LogP contribution in [0.3, 0.4) is 0 Å². The van der Waals surface area contributed by atoms with Gasteiger partial charge < -0.3 is 9.69 Å². The van der Waals surface area contributed by atoms with Crippen LogP contribution >= 0.6 is 11.8 Å². The van der Waals surface area contributed by atoms with Crippen molar-refractivity contribution in [1.82, 2.24) is 4.90 Å². The maximum atomic E-state index is 12.0. The van der Waals surface area contributed by atoms with E-state index in [-0.39, 0.29) is 30.3 Å². The van der Waals surface area contributed by atoms with Crippen LogP contribution in [0, 0.1) is 0 Å². The molecular weight excluding hydrogens is 321 g/mol. The first-order valence-corrected chi connectivity index (χ1v) is 8.90. The molecule has 0 aliphatic heterocycles. The Balaban J connectivity index is 0. The molecule has 0 aromatic heterocycles. The third-order valence-corrected chi connectivity index (χ3v) is 4.10. The predicted octanol–water partition coefficient (Wildman–Crippen LogP) is 2.81. The topological polar surface area (TPSA) is 71.5 Å². The molecule has 0 spiro atoms. The highest BCUT2D eigenvalue weighted by atomic mass is 32.2. The van der Waals surface area contributed by atoms with Crippen LogP contribution in [-0.2, 0) is 19.2 Å². The Bertz CT molecular complexity index is 377. The van der Waals surface area contributed by atoms with E-state index in [0.29, 0.717) is 32.1 Å². The molecule has 0 aromatic rings. The molecule has 7 heteroatoms. The third-order valence-electron chi connectivity index (χ3n) is 2.82. The molecule has 0 fully saturated rings. The van der Waals surface area contributed by atoms with E-state index in [1.54, 1.807) is 7.05 Å². The molecule has 0 saturated carbocycles. The molecule has 0 rings (SSSR count). The van der Waals surface area contributed by atoms with E-state index in [4.69, 9.17) is 0 Å². The maximum Gasteiger partial charge on any atom is 0.301 e. The number of halogens is 1. The van der Waals surface area contributed by atoms with Crippen LogP contribution in [0.5, 0.6) is 0 Å². The van der Waals surface area contributed by atoms with Gasteiger partial charge in [0, 0.05) is 26.4 Å². The van der Waals surface area contributed by atoms with Crippen LogP contribution in [0.25, 0.3) is 0 Å². The normalized spacial score (nSPS) is 11.0. The summed E-state index contributed by atoms with van der Waals surface area (Å²) in [5.74, 6) is 0.0253. The van der Waals surface area contributed by atoms with Gasteiger partial charge in [0.15, 0.2) is 0 Å². The van der Waals surface area contributed by atoms with Crippen LogP contribution in [0.4, 0.5) is 4.39 Å². The zero-order chi connectivity index (χ0) is 18.3. The van der Waals surface area contributed by atoms with Gasteiger partial charge in [-0.05, 0) is 19.8 Å². The molecule has 0 bridgehead atoms. The third kappa shape index (κ3) is 15.4. The van der Waals surface area contributed by atoms with E-state index in [1.807, 2.05) is 13.8 Å². The van der Waals surface area contributed by atoms with Gasteiger partial charge >= 0.3 is 6.04 Å². The highest BCUT2D eigenvalue weighted by Gasteiger charge is 2.17. The summed E-state index contributed by atoms with van der Waals surface area (Å²) >= 11 is 1.17. The molecule has 0 aliphatic rings. The van der Waals surface area contributed by atoms with Gasteiger partial charge in [-0.3, -0.25) is 14.4 Å². The standard InChI is InChI=1S/C14H22FNO4S.C2H6/c1-11(18)10-21-12(9-17)8-14(20)16(2)7-5-3-4-6-13(15)19;1-2/h9,12H,3-8,10H2,1-2H3;1-2H3. The second-order valence-electron chi connectivity index (χ2n) is 4.87. The molecule has 0 heterocycles. The number of amides is 1. The molecule has 1 amide bonds. The number of unbranched alkanes of at least 4 members (excludes halogenated alkanes) is 2. The number of aldehydes is 1. The quantitative estimate of drug-likeness (QED) is 0.308. The average Bonchev–Trinajstić information content (AvgIpc) is 2.52. The minimum atomic E-state index is -1.31. The van der Waals surface area contributed by atoms with Gasteiger partial charge in [0.25, 0.3) is 0 Å². The summed E-state index contributed by atoms with van der Waals surface area (Å²) in [4.78, 5) is 45.2. The van der Waals surface area contributed by atoms with Crippen LogP contribution < -0.4 is 0 Å². The molecule has 0 saturated heterocycles. The molecule has 0 radical (unpaired) electrons. The molecule has 0 aliphatic carbocycles. The van der Waals surface area contributed by atoms with Crippen molar-refractivity contribution in [2.24, 2.45) is 0 Å². The maximum absolute atomic E-state index is 12.0. The number of nitrogens with zero attached hydrogens (tertiary/aromatic N) is 1. The van der Waals surface area contributed by atoms with E-state index in [0.717, 1.165) is 0 Å². The number of thioether (sulfide) groups is 1. The number of hydrogen-bond donors (Lipinski definition) is 0. The highest BCUT2D eigenvalue weighted by Crippen LogP contribution is 2.14. The lowest BCUT2D eigenvalue weighted by Crippen LogP contribution is -2.30. The fourth-order valence-corrected chi connectivity index (χ4v) is 2.40. The molecule has 1 atom stereocenters. The number of carbonyl (C=O) groups is 4. The Morgan fingerprint density at radius 2 is 1.78 bits per heavy atom. The largest absolute Gasteiger partial charge is 0.346 e. The van der Waals surface area contributed by atoms with E-state index in [9.17, 15) is 23.6 Å². The minimum Gasteiger partial charge on any atom is -0.346 e. The van der Waals surface area contributed by atoms with Gasteiger partial charge in [0.1, 0.15) is 12.1 Å². The van der Waals surface area contributed by atoms with E-state index in [2.05, 4.69) is 0 Å². The van der Waals surface area contributed by atoms with Crippen molar-refractivity contribution in [3.63, 3.8) is 0 Å². The monoisotopic (exact) mass is 349 g/mol. The Labute approximate surface area is 142 Å². The molecule has 0 aromatic carbocycles. The van der Waals surface area contributed by atoms with Crippen molar-refractivity contribution in [2.45, 2.75) is 58.1 Å². The van der Waals surface area contributed by atoms with Crippen molar-refractivity contribution < 1.29 is 23.6 Å². The van der Waals surface area contributed by atoms with Gasteiger partial charge in [-0.15, -0.1) is 11.8 Å². The SMILES string of the molecule is CC.CC(=O)CSC(C=O)CC(=O)N(C)CCCCCC(=O)F. The van der Waals surface area contributed by atoms with E-state index >= 15 is 0 Å². The molecule has 134 valence electrons. The second-order valence-corrected chi connectivity index (χ2v) is 6.10. The van der Waals surface area contributed by atoms with Crippen molar-refractivity contribution in [3.05, 3.63) is 0 Å². The van der Waals surface area contributed by atoms with Crippen molar-refractivity contribution in [2.75, 3.05) is 19.3 Å². The summed E-state index contributed by atoms with van der Waals surface area (Å²) in [5.41, 5.74) is 0. The van der Waals surface area contributed by atoms with Gasteiger partial charge in [-0.1, -0.05) is 20.3 Å². The first-order chi connectivity index (χ1) is 10.9. The Morgan fingerprint density at radius 1 is 1.17 bits per heavy atom. The van der Waals surface area contributed by atoms with Gasteiger partial charge in [-0.2, -0.15) is 4.39 Å². The molecule has 1 unspecified atom stereocenters. The first-order valence-electron chi connectivity index (χ1n) is 7.85. The number of rotatable bonds is 12. The fourth-order valence-electron chi connectivity index (χ4n) is 1.61. The lowest BCUT2D eigenvalue weighted by Gasteiger charge is -2.18. The highest BCUT2D eigenvalue weighted by molar-refractivity contribution is 8.01. The van der Waals surface area contributed by atoms with Gasteiger partial charge in [0.2, 0.25) is 5.91 Å². The van der Waals surface area contributed by atoms with Crippen molar-refractivity contribution in [3.8, 4) is 0 Å². The first kappa shape index (κ1) is 24.0. The lowest BCUT2D eigenvalue weighted by atomic mass is 10.2. The lowest BCUT2D eigenvalue weighted by molar-refractivity contribution is -0.131. The predicted molar refractivity (Wildman–Crippen MR) is 91.2 cm³/mol. The Kier molecular flexibility index (Phi) is 16.3. The molecular formula is C16H28FNO4S. The number of ketones is 1. The van der Waals surface area contributed by atoms with Gasteiger partial charge in [-0.25, -0.2) is 0 Å². The van der Waals surface area contributed by atoms with Crippen molar-refractivity contribution >= 4 is 35.8 Å². The summed E-state index contributed by atoms with van der Waals surface area (Å²) in [6.07, 6.45) is 2.51. The molecule has 0 N–H and O–H groups in total. The minimum absolute atomic E-state index is 0.0323. The van der Waals surface area contributed by atoms with Crippen LogP contribution in [0.2, 0.25) is 0 Å². The summed E-state index contributed by atoms with van der Waals surface area (Å²) in [7, 11) is 1.64. The second kappa shape index (κ2) is 15.6. The summed E-state index contributed by atoms with van der Waals surface area (Å²) in [6, 6.07) is -1.31. The number of hydrogen-bond acceptors (Lipinski definition) is 5. The van der Waals surface area contributed by atoms with Crippen LogP contribution in [0.1, 0.15) is 52.9 Å². The Morgan fingerprint density at radius 3 is 2.26 bits per heavy atom. The summed E-state index contributed by atoms with van der Waals surface area (Å²) in [6.45, 7) is 5.94. The molecule has 23 heavy (non-hydrogen) atoms. The van der Waals surface area contributed by atoms with Gasteiger partial charge in [0.05, 0.1) is 11.0 Å². The van der Waals surface area contributed by atoms with Crippen LogP contribution in [-0.4, -0.2) is 53.5 Å². The van der Waals surface area contributed by atoms with E-state index in [1.165, 1.54) is 23.6 Å². The number of Topliss-reactive ketones (excluding diaryl/α,β-unsaturated/α-hetero) is 1. The Hall–Kier alpha value is -1.24. The zero-order valence-corrected chi connectivity index (χ0v) is 15.3. The smallest absolute Gasteiger partial charge is 0.301 e. The molecule has 5 nitrogen and oxygen atoms in total. The summed E-state index contributed by atoms with van der Waals surface area (Å²) in [5, 5.41) is -0.506.